The highest BCUT2D eigenvalue weighted by Crippen LogP contribution is 2.30. The third-order valence-electron chi connectivity index (χ3n) is 3.78. The number of rotatable bonds is 2. The van der Waals surface area contributed by atoms with Crippen LogP contribution in [0.2, 0.25) is 5.02 Å². The Kier molecular flexibility index (Phi) is 4.41. The van der Waals surface area contributed by atoms with Crippen molar-refractivity contribution in [3.05, 3.63) is 52.7 Å². The molecule has 0 fully saturated rings. The molecule has 0 spiro atoms. The molecular weight excluding hydrogens is 356 g/mol. The van der Waals surface area contributed by atoms with Gasteiger partial charge >= 0.3 is 6.03 Å². The lowest BCUT2D eigenvalue weighted by molar-refractivity contribution is 0.0507. The maximum Gasteiger partial charge on any atom is 0.324 e. The largest absolute Gasteiger partial charge is 0.324 e. The fraction of sp³-hybridized carbons (Fsp3) is 0.222. The number of nitrogens with zero attached hydrogens (tertiary/aromatic N) is 2. The molecule has 2 aromatic rings. The first-order valence-corrected chi connectivity index (χ1v) is 8.27. The highest BCUT2D eigenvalue weighted by Gasteiger charge is 2.41. The molecular formula is C18H17ClN4O3. The number of imide groups is 1. The van der Waals surface area contributed by atoms with Crippen molar-refractivity contribution < 1.29 is 14.4 Å². The Morgan fingerprint density at radius 1 is 1.04 bits per heavy atom. The van der Waals surface area contributed by atoms with E-state index in [1.54, 1.807) is 39.0 Å². The van der Waals surface area contributed by atoms with Crippen LogP contribution in [0.15, 0.2) is 36.5 Å². The molecule has 3 rings (SSSR count). The van der Waals surface area contributed by atoms with E-state index in [-0.39, 0.29) is 17.4 Å². The molecule has 0 radical (unpaired) electrons. The molecule has 0 atom stereocenters. The molecule has 134 valence electrons. The molecule has 0 aliphatic carbocycles. The molecule has 1 aliphatic heterocycles. The van der Waals surface area contributed by atoms with E-state index in [2.05, 4.69) is 15.6 Å². The number of halogens is 1. The highest BCUT2D eigenvalue weighted by atomic mass is 35.5. The Labute approximate surface area is 155 Å². The second kappa shape index (κ2) is 6.42. The Morgan fingerprint density at radius 3 is 2.35 bits per heavy atom. The van der Waals surface area contributed by atoms with Crippen LogP contribution in [-0.2, 0) is 0 Å². The summed E-state index contributed by atoms with van der Waals surface area (Å²) in [5.41, 5.74) is 0.369. The van der Waals surface area contributed by atoms with Gasteiger partial charge in [0.05, 0.1) is 16.1 Å². The van der Waals surface area contributed by atoms with Crippen LogP contribution in [0.5, 0.6) is 0 Å². The van der Waals surface area contributed by atoms with E-state index in [0.29, 0.717) is 22.1 Å². The maximum atomic E-state index is 12.6. The van der Waals surface area contributed by atoms with E-state index < -0.39 is 11.6 Å². The minimum atomic E-state index is -0.627. The van der Waals surface area contributed by atoms with Gasteiger partial charge in [-0.3, -0.25) is 19.8 Å². The minimum Gasteiger partial charge on any atom is -0.308 e. The van der Waals surface area contributed by atoms with E-state index >= 15 is 0 Å². The van der Waals surface area contributed by atoms with Gasteiger partial charge in [-0.2, -0.15) is 0 Å². The van der Waals surface area contributed by atoms with E-state index in [1.165, 1.54) is 23.2 Å². The lowest BCUT2D eigenvalue weighted by Crippen LogP contribution is -2.45. The van der Waals surface area contributed by atoms with Crippen LogP contribution in [0, 0.1) is 0 Å². The van der Waals surface area contributed by atoms with Gasteiger partial charge in [0.25, 0.3) is 11.8 Å². The summed E-state index contributed by atoms with van der Waals surface area (Å²) in [4.78, 5) is 42.3. The zero-order chi connectivity index (χ0) is 19.1. The second-order valence-corrected chi connectivity index (χ2v) is 7.25. The topological polar surface area (TPSA) is 91.4 Å². The molecule has 4 amide bonds. The van der Waals surface area contributed by atoms with Gasteiger partial charge in [0, 0.05) is 17.4 Å². The Hall–Kier alpha value is -2.93. The number of urea groups is 1. The number of nitrogens with one attached hydrogen (secondary N) is 2. The van der Waals surface area contributed by atoms with E-state index in [4.69, 9.17) is 11.6 Å². The first-order valence-electron chi connectivity index (χ1n) is 7.89. The molecule has 1 aliphatic rings. The number of fused-ring (bicyclic) bond motifs is 1. The van der Waals surface area contributed by atoms with Gasteiger partial charge in [-0.15, -0.1) is 0 Å². The van der Waals surface area contributed by atoms with Crippen molar-refractivity contribution in [2.75, 3.05) is 10.6 Å². The van der Waals surface area contributed by atoms with Crippen molar-refractivity contribution in [3.63, 3.8) is 0 Å². The number of hydrogen-bond donors (Lipinski definition) is 2. The number of pyridine rings is 1. The standard InChI is InChI=1S/C18H17ClN4O3/c1-18(2,3)23-15(24)12-6-5-11(8-13(12)16(23)25)21-17(26)22-14-7-4-10(19)9-20-14/h4-9H,1-3H3,(H2,20,21,22,26). The van der Waals surface area contributed by atoms with Crippen molar-refractivity contribution in [1.29, 1.82) is 0 Å². The molecule has 2 heterocycles. The molecule has 1 aromatic carbocycles. The summed E-state index contributed by atoms with van der Waals surface area (Å²) in [7, 11) is 0. The predicted molar refractivity (Wildman–Crippen MR) is 98.6 cm³/mol. The minimum absolute atomic E-state index is 0.271. The molecule has 2 N–H and O–H groups in total. The molecule has 1 aromatic heterocycles. The summed E-state index contributed by atoms with van der Waals surface area (Å²) in [6, 6.07) is 7.25. The predicted octanol–water partition coefficient (Wildman–Crippen LogP) is 3.77. The molecule has 7 nitrogen and oxygen atoms in total. The van der Waals surface area contributed by atoms with E-state index in [0.717, 1.165) is 0 Å². The number of hydrogen-bond acceptors (Lipinski definition) is 4. The number of aromatic nitrogens is 1. The fourth-order valence-electron chi connectivity index (χ4n) is 2.66. The molecule has 0 bridgehead atoms. The third-order valence-corrected chi connectivity index (χ3v) is 4.01. The lowest BCUT2D eigenvalue weighted by Gasteiger charge is -2.29. The fourth-order valence-corrected chi connectivity index (χ4v) is 2.77. The van der Waals surface area contributed by atoms with Crippen LogP contribution >= 0.6 is 11.6 Å². The summed E-state index contributed by atoms with van der Waals surface area (Å²) in [5.74, 6) is -0.377. The van der Waals surface area contributed by atoms with Crippen LogP contribution in [-0.4, -0.2) is 33.3 Å². The SMILES string of the molecule is CC(C)(C)N1C(=O)c2ccc(NC(=O)Nc3ccc(Cl)cn3)cc2C1=O. The van der Waals surface area contributed by atoms with Crippen molar-refractivity contribution in [2.24, 2.45) is 0 Å². The van der Waals surface area contributed by atoms with Gasteiger partial charge in [0.1, 0.15) is 5.82 Å². The van der Waals surface area contributed by atoms with Crippen LogP contribution < -0.4 is 10.6 Å². The molecule has 26 heavy (non-hydrogen) atoms. The number of carbonyl (C=O) groups is 3. The summed E-state index contributed by atoms with van der Waals surface area (Å²) in [6.45, 7) is 5.38. The van der Waals surface area contributed by atoms with E-state index in [9.17, 15) is 14.4 Å². The van der Waals surface area contributed by atoms with Gasteiger partial charge in [-0.25, -0.2) is 9.78 Å². The van der Waals surface area contributed by atoms with Crippen LogP contribution in [0.25, 0.3) is 0 Å². The molecule has 0 saturated heterocycles. The first-order chi connectivity index (χ1) is 12.2. The zero-order valence-corrected chi connectivity index (χ0v) is 15.2. The van der Waals surface area contributed by atoms with Crippen LogP contribution in [0.4, 0.5) is 16.3 Å². The van der Waals surface area contributed by atoms with Crippen molar-refractivity contribution >= 4 is 41.0 Å². The average Bonchev–Trinajstić information content (AvgIpc) is 2.80. The number of benzene rings is 1. The van der Waals surface area contributed by atoms with Gasteiger partial charge in [-0.05, 0) is 51.1 Å². The zero-order valence-electron chi connectivity index (χ0n) is 14.5. The second-order valence-electron chi connectivity index (χ2n) is 6.82. The number of amides is 4. The normalized spacial score (nSPS) is 13.6. The summed E-state index contributed by atoms with van der Waals surface area (Å²) in [5, 5.41) is 5.63. The smallest absolute Gasteiger partial charge is 0.308 e. The average molecular weight is 373 g/mol. The van der Waals surface area contributed by atoms with Gasteiger partial charge < -0.3 is 5.32 Å². The van der Waals surface area contributed by atoms with Crippen LogP contribution in [0.1, 0.15) is 41.5 Å². The van der Waals surface area contributed by atoms with Gasteiger partial charge in [-0.1, -0.05) is 11.6 Å². The van der Waals surface area contributed by atoms with Gasteiger partial charge in [0.15, 0.2) is 0 Å². The summed E-state index contributed by atoms with van der Waals surface area (Å²) in [6.07, 6.45) is 1.41. The Bertz CT molecular complexity index is 904. The molecule has 8 heteroatoms. The van der Waals surface area contributed by atoms with E-state index in [1.807, 2.05) is 0 Å². The summed E-state index contributed by atoms with van der Waals surface area (Å²) >= 11 is 5.75. The monoisotopic (exact) mass is 372 g/mol. The van der Waals surface area contributed by atoms with Crippen molar-refractivity contribution in [2.45, 2.75) is 26.3 Å². The maximum absolute atomic E-state index is 12.6. The quantitative estimate of drug-likeness (QED) is 0.785. The number of carbonyl (C=O) groups excluding carboxylic acids is 3. The third kappa shape index (κ3) is 3.39. The van der Waals surface area contributed by atoms with Crippen LogP contribution in [0.3, 0.4) is 0 Å². The summed E-state index contributed by atoms with van der Waals surface area (Å²) < 4.78 is 0. The van der Waals surface area contributed by atoms with Crippen molar-refractivity contribution in [1.82, 2.24) is 9.88 Å². The van der Waals surface area contributed by atoms with Crippen molar-refractivity contribution in [3.8, 4) is 0 Å². The number of anilines is 2. The molecule has 0 saturated carbocycles. The van der Waals surface area contributed by atoms with Gasteiger partial charge in [0.2, 0.25) is 0 Å². The Morgan fingerprint density at radius 2 is 1.73 bits per heavy atom. The molecule has 0 unspecified atom stereocenters. The first kappa shape index (κ1) is 17.9. The highest BCUT2D eigenvalue weighted by molar-refractivity contribution is 6.30. The Balaban J connectivity index is 1.77. The lowest BCUT2D eigenvalue weighted by atomic mass is 10.1.